The number of nitro benzene ring substituents is 1. The molecule has 0 fully saturated rings. The number of nitrogens with zero attached hydrogens (tertiary/aromatic N) is 1. The molecule has 3 nitrogen and oxygen atoms in total. The Kier molecular flexibility index (Phi) is 4.86. The zero-order valence-corrected chi connectivity index (χ0v) is 15.2. The van der Waals surface area contributed by atoms with Gasteiger partial charge >= 0.3 is 0 Å². The third-order valence-electron chi connectivity index (χ3n) is 3.75. The SMILES string of the molecule is O=[N+]([O-])c1c(S)cccc1P(=S)(c1ccccc1)c1ccccc1. The lowest BCUT2D eigenvalue weighted by Gasteiger charge is -2.24. The molecule has 0 bridgehead atoms. The molecule has 0 saturated heterocycles. The average molecular weight is 371 g/mol. The Hall–Kier alpha value is -1.94. The molecule has 0 aliphatic heterocycles. The van der Waals surface area contributed by atoms with Gasteiger partial charge < -0.3 is 0 Å². The fraction of sp³-hybridized carbons (Fsp3) is 0. The van der Waals surface area contributed by atoms with Gasteiger partial charge in [0.2, 0.25) is 0 Å². The molecule has 3 aromatic rings. The zero-order chi connectivity index (χ0) is 17.2. The van der Waals surface area contributed by atoms with Gasteiger partial charge in [-0.3, -0.25) is 10.1 Å². The summed E-state index contributed by atoms with van der Waals surface area (Å²) in [5.41, 5.74) is -0.00290. The van der Waals surface area contributed by atoms with E-state index in [2.05, 4.69) is 12.6 Å². The Morgan fingerprint density at radius 3 is 1.79 bits per heavy atom. The van der Waals surface area contributed by atoms with Crippen molar-refractivity contribution in [1.29, 1.82) is 0 Å². The molecule has 120 valence electrons. The molecule has 6 heteroatoms. The van der Waals surface area contributed by atoms with Gasteiger partial charge in [0.15, 0.2) is 0 Å². The van der Waals surface area contributed by atoms with Crippen molar-refractivity contribution in [2.24, 2.45) is 0 Å². The van der Waals surface area contributed by atoms with Gasteiger partial charge in [0.25, 0.3) is 5.69 Å². The maximum Gasteiger partial charge on any atom is 0.291 e. The van der Waals surface area contributed by atoms with Crippen LogP contribution in [0.3, 0.4) is 0 Å². The number of thiol groups is 1. The van der Waals surface area contributed by atoms with E-state index in [1.807, 2.05) is 60.7 Å². The summed E-state index contributed by atoms with van der Waals surface area (Å²) in [7, 11) is 0. The highest BCUT2D eigenvalue weighted by Gasteiger charge is 2.32. The molecule has 0 heterocycles. The molecule has 0 N–H and O–H groups in total. The topological polar surface area (TPSA) is 43.1 Å². The van der Waals surface area contributed by atoms with Gasteiger partial charge in [-0.05, 0) is 22.7 Å². The summed E-state index contributed by atoms with van der Waals surface area (Å²) in [6.45, 7) is 0. The van der Waals surface area contributed by atoms with Gasteiger partial charge in [0, 0.05) is 6.04 Å². The molecule has 3 rings (SSSR count). The minimum absolute atomic E-state index is 0.00290. The van der Waals surface area contributed by atoms with Crippen LogP contribution in [0.2, 0.25) is 0 Å². The molecule has 0 aromatic heterocycles. The summed E-state index contributed by atoms with van der Waals surface area (Å²) < 4.78 is 0. The smallest absolute Gasteiger partial charge is 0.258 e. The van der Waals surface area contributed by atoms with Crippen molar-refractivity contribution in [3.05, 3.63) is 89.0 Å². The fourth-order valence-electron chi connectivity index (χ4n) is 2.66. The summed E-state index contributed by atoms with van der Waals surface area (Å²) in [5.74, 6) is 0. The van der Waals surface area contributed by atoms with E-state index in [0.29, 0.717) is 10.2 Å². The highest BCUT2D eigenvalue weighted by Crippen LogP contribution is 2.46. The van der Waals surface area contributed by atoms with Crippen molar-refractivity contribution < 1.29 is 4.92 Å². The van der Waals surface area contributed by atoms with Gasteiger partial charge in [-0.25, -0.2) is 0 Å². The lowest BCUT2D eigenvalue weighted by molar-refractivity contribution is -0.386. The van der Waals surface area contributed by atoms with E-state index in [0.717, 1.165) is 10.6 Å². The number of benzene rings is 3. The Labute approximate surface area is 150 Å². The Balaban J connectivity index is 2.39. The second-order valence-corrected chi connectivity index (χ2v) is 10.0. The van der Waals surface area contributed by atoms with E-state index in [1.165, 1.54) is 0 Å². The van der Waals surface area contributed by atoms with Crippen LogP contribution in [0.25, 0.3) is 0 Å². The molecule has 0 saturated carbocycles. The molecule has 0 amide bonds. The van der Waals surface area contributed by atoms with Crippen LogP contribution in [0.15, 0.2) is 83.8 Å². The molecular weight excluding hydrogens is 357 g/mol. The predicted octanol–water partition coefficient (Wildman–Crippen LogP) is 3.64. The second-order valence-electron chi connectivity index (χ2n) is 5.18. The molecule has 0 aliphatic rings. The summed E-state index contributed by atoms with van der Waals surface area (Å²) in [4.78, 5) is 11.6. The van der Waals surface area contributed by atoms with Crippen molar-refractivity contribution in [2.75, 3.05) is 0 Å². The first-order valence-electron chi connectivity index (χ1n) is 7.23. The van der Waals surface area contributed by atoms with E-state index in [1.54, 1.807) is 18.2 Å². The van der Waals surface area contributed by atoms with Crippen molar-refractivity contribution in [3.8, 4) is 0 Å². The quantitative estimate of drug-likeness (QED) is 0.330. The van der Waals surface area contributed by atoms with Gasteiger partial charge in [0.1, 0.15) is 0 Å². The number of nitro groups is 1. The van der Waals surface area contributed by atoms with Crippen LogP contribution < -0.4 is 15.9 Å². The Morgan fingerprint density at radius 1 is 0.833 bits per heavy atom. The highest BCUT2D eigenvalue weighted by molar-refractivity contribution is 8.25. The number of hydrogen-bond donors (Lipinski definition) is 1. The molecule has 0 atom stereocenters. The monoisotopic (exact) mass is 371 g/mol. The predicted molar refractivity (Wildman–Crippen MR) is 106 cm³/mol. The number of hydrogen-bond acceptors (Lipinski definition) is 4. The van der Waals surface area contributed by atoms with Crippen molar-refractivity contribution >= 4 is 52.1 Å². The maximum absolute atomic E-state index is 11.7. The number of rotatable bonds is 4. The molecule has 0 spiro atoms. The van der Waals surface area contributed by atoms with Crippen LogP contribution >= 0.6 is 18.7 Å². The lowest BCUT2D eigenvalue weighted by atomic mass is 10.3. The molecular formula is C18H14NO2PS2. The third-order valence-corrected chi connectivity index (χ3v) is 9.06. The van der Waals surface area contributed by atoms with Gasteiger partial charge in [-0.2, -0.15) is 0 Å². The minimum atomic E-state index is -2.55. The van der Waals surface area contributed by atoms with Gasteiger partial charge in [-0.15, -0.1) is 12.6 Å². The summed E-state index contributed by atoms with van der Waals surface area (Å²) in [6, 6.07) is 21.9. The van der Waals surface area contributed by atoms with E-state index < -0.39 is 6.04 Å². The number of para-hydroxylation sites is 1. The first-order chi connectivity index (χ1) is 11.5. The first-order valence-corrected chi connectivity index (χ1v) is 10.5. The second kappa shape index (κ2) is 6.89. The van der Waals surface area contributed by atoms with Crippen molar-refractivity contribution in [3.63, 3.8) is 0 Å². The molecule has 3 aromatic carbocycles. The van der Waals surface area contributed by atoms with E-state index >= 15 is 0 Å². The summed E-state index contributed by atoms with van der Waals surface area (Å²) >= 11 is 10.4. The minimum Gasteiger partial charge on any atom is -0.258 e. The molecule has 0 aliphatic carbocycles. The van der Waals surface area contributed by atoms with Crippen LogP contribution in [-0.4, -0.2) is 4.92 Å². The summed E-state index contributed by atoms with van der Waals surface area (Å²) in [5, 5.41) is 14.1. The van der Waals surface area contributed by atoms with Crippen LogP contribution in [-0.2, 0) is 11.8 Å². The third kappa shape index (κ3) is 2.91. The van der Waals surface area contributed by atoms with E-state index in [4.69, 9.17) is 11.8 Å². The standard InChI is InChI=1S/C18H14NO2PS2/c20-19(21)18-16(12-7-13-17(18)23)22(24,14-8-3-1-4-9-14)15-10-5-2-6-11-15/h1-13,23H. The molecule has 0 radical (unpaired) electrons. The maximum atomic E-state index is 11.7. The van der Waals surface area contributed by atoms with Crippen LogP contribution in [0.4, 0.5) is 5.69 Å². The molecule has 24 heavy (non-hydrogen) atoms. The summed E-state index contributed by atoms with van der Waals surface area (Å²) in [6.07, 6.45) is 0. The highest BCUT2D eigenvalue weighted by atomic mass is 32.4. The zero-order valence-electron chi connectivity index (χ0n) is 12.6. The van der Waals surface area contributed by atoms with Crippen molar-refractivity contribution in [2.45, 2.75) is 4.90 Å². The van der Waals surface area contributed by atoms with E-state index in [9.17, 15) is 10.1 Å². The van der Waals surface area contributed by atoms with Crippen LogP contribution in [0, 0.1) is 10.1 Å². The lowest BCUT2D eigenvalue weighted by Crippen LogP contribution is -2.26. The average Bonchev–Trinajstić information content (AvgIpc) is 2.62. The van der Waals surface area contributed by atoms with Crippen molar-refractivity contribution in [1.82, 2.24) is 0 Å². The van der Waals surface area contributed by atoms with Gasteiger partial charge in [0.05, 0.1) is 15.1 Å². The normalized spacial score (nSPS) is 11.2. The van der Waals surface area contributed by atoms with Gasteiger partial charge in [-0.1, -0.05) is 78.5 Å². The van der Waals surface area contributed by atoms with E-state index in [-0.39, 0.29) is 10.6 Å². The van der Waals surface area contributed by atoms with Crippen LogP contribution in [0.1, 0.15) is 0 Å². The first kappa shape index (κ1) is 16.9. The van der Waals surface area contributed by atoms with Crippen LogP contribution in [0.5, 0.6) is 0 Å². The largest absolute Gasteiger partial charge is 0.291 e. The Bertz CT molecular complexity index is 887. The Morgan fingerprint density at radius 2 is 1.33 bits per heavy atom. The molecule has 0 unspecified atom stereocenters. The fourth-order valence-corrected chi connectivity index (χ4v) is 7.05.